The van der Waals surface area contributed by atoms with Crippen molar-refractivity contribution in [3.8, 4) is 17.2 Å². The molecule has 0 N–H and O–H groups in total. The van der Waals surface area contributed by atoms with Crippen LogP contribution in [-0.4, -0.2) is 56.5 Å². The van der Waals surface area contributed by atoms with Crippen molar-refractivity contribution < 1.29 is 23.7 Å². The number of hydrogen-bond acceptors (Lipinski definition) is 6. The van der Waals surface area contributed by atoms with Crippen LogP contribution < -0.4 is 14.2 Å². The number of nitrogens with zero attached hydrogens (tertiary/aromatic N) is 2. The number of ether oxygens (including phenoxy) is 4. The summed E-state index contributed by atoms with van der Waals surface area (Å²) in [4.78, 5) is 16.0. The van der Waals surface area contributed by atoms with Crippen LogP contribution in [0.15, 0.2) is 42.5 Å². The van der Waals surface area contributed by atoms with Gasteiger partial charge in [0.15, 0.2) is 11.5 Å². The molecule has 1 saturated heterocycles. The third-order valence-electron chi connectivity index (χ3n) is 8.58. The van der Waals surface area contributed by atoms with Gasteiger partial charge in [-0.1, -0.05) is 31.2 Å². The Morgan fingerprint density at radius 1 is 1.05 bits per heavy atom. The maximum atomic E-state index is 13.3. The number of fused-ring (bicyclic) bond motifs is 3. The molecule has 0 aliphatic carbocycles. The molecule has 7 nitrogen and oxygen atoms in total. The van der Waals surface area contributed by atoms with Crippen LogP contribution in [-0.2, 0) is 11.2 Å². The van der Waals surface area contributed by atoms with Crippen molar-refractivity contribution in [2.75, 3.05) is 41.0 Å². The fourth-order valence-corrected chi connectivity index (χ4v) is 6.92. The van der Waals surface area contributed by atoms with E-state index in [1.165, 1.54) is 42.8 Å². The van der Waals surface area contributed by atoms with Gasteiger partial charge in [-0.25, -0.2) is 4.79 Å². The third-order valence-corrected chi connectivity index (χ3v) is 8.58. The maximum Gasteiger partial charge on any atom is 0.338 e. The van der Waals surface area contributed by atoms with Crippen molar-refractivity contribution in [1.82, 2.24) is 9.47 Å². The molecule has 0 bridgehead atoms. The van der Waals surface area contributed by atoms with Crippen LogP contribution in [0.2, 0.25) is 0 Å². The predicted octanol–water partition coefficient (Wildman–Crippen LogP) is 5.47. The SMILES string of the molecule is CC[C@@]12C=C(COC(=O)c3cc(OC)c(OC)c(OC)c3)n3c4c(c5ccccc53)CCN(CCC1)[C@H]42. The number of rotatable bonds is 7. The van der Waals surface area contributed by atoms with Crippen LogP contribution in [0.4, 0.5) is 0 Å². The minimum absolute atomic E-state index is 0.0477. The minimum atomic E-state index is -0.427. The Kier molecular flexibility index (Phi) is 5.91. The minimum Gasteiger partial charge on any atom is -0.493 e. The molecule has 1 aromatic heterocycles. The van der Waals surface area contributed by atoms with Gasteiger partial charge in [-0.2, -0.15) is 0 Å². The molecule has 2 atom stereocenters. The van der Waals surface area contributed by atoms with Gasteiger partial charge in [0.25, 0.3) is 0 Å². The number of benzene rings is 2. The predicted molar refractivity (Wildman–Crippen MR) is 143 cm³/mol. The summed E-state index contributed by atoms with van der Waals surface area (Å²) in [7, 11) is 4.61. The molecule has 194 valence electrons. The van der Waals surface area contributed by atoms with E-state index in [4.69, 9.17) is 18.9 Å². The van der Waals surface area contributed by atoms with Crippen LogP contribution in [0, 0.1) is 5.41 Å². The van der Waals surface area contributed by atoms with Crippen LogP contribution in [0.25, 0.3) is 16.6 Å². The molecule has 37 heavy (non-hydrogen) atoms. The van der Waals surface area contributed by atoms with E-state index in [0.717, 1.165) is 38.0 Å². The molecule has 4 heterocycles. The molecule has 0 spiro atoms. The van der Waals surface area contributed by atoms with E-state index in [1.54, 1.807) is 19.2 Å². The summed E-state index contributed by atoms with van der Waals surface area (Å²) in [6.45, 7) is 4.74. The number of hydrogen-bond donors (Lipinski definition) is 0. The number of para-hydroxylation sites is 1. The fraction of sp³-hybridized carbons (Fsp3) is 0.433. The second-order valence-electron chi connectivity index (χ2n) is 10.2. The van der Waals surface area contributed by atoms with E-state index in [1.807, 2.05) is 0 Å². The van der Waals surface area contributed by atoms with Gasteiger partial charge in [0.1, 0.15) is 6.61 Å². The first-order valence-electron chi connectivity index (χ1n) is 13.1. The van der Waals surface area contributed by atoms with E-state index in [9.17, 15) is 4.79 Å². The highest BCUT2D eigenvalue weighted by molar-refractivity contribution is 5.93. The standard InChI is InChI=1S/C30H34N2O5/c1-5-30-12-8-13-31-14-11-22-21-9-6-7-10-23(21)32(26(22)28(30)31)20(17-30)18-37-29(33)19-15-24(34-2)27(36-4)25(16-19)35-3/h6-7,9-10,15-17,28H,5,8,11-14,18H2,1-4H3/t28-,30+/m1/s1. The van der Waals surface area contributed by atoms with Crippen LogP contribution in [0.1, 0.15) is 53.8 Å². The Balaban J connectivity index is 1.40. The number of carbonyl (C=O) groups is 1. The number of carbonyl (C=O) groups excluding carboxylic acids is 1. The van der Waals surface area contributed by atoms with Crippen molar-refractivity contribution >= 4 is 22.6 Å². The Hall–Kier alpha value is -3.45. The third kappa shape index (κ3) is 3.55. The molecule has 0 saturated carbocycles. The number of methoxy groups -OCH3 is 3. The van der Waals surface area contributed by atoms with Crippen LogP contribution in [0.5, 0.6) is 17.2 Å². The lowest BCUT2D eigenvalue weighted by Crippen LogP contribution is -2.50. The summed E-state index contributed by atoms with van der Waals surface area (Å²) in [5, 5.41) is 1.32. The van der Waals surface area contributed by atoms with E-state index in [0.29, 0.717) is 28.9 Å². The Bertz CT molecular complexity index is 1380. The monoisotopic (exact) mass is 502 g/mol. The van der Waals surface area contributed by atoms with Gasteiger partial charge < -0.3 is 23.5 Å². The molecule has 2 aromatic carbocycles. The molecular weight excluding hydrogens is 468 g/mol. The molecular formula is C30H34N2O5. The number of piperidine rings is 1. The summed E-state index contributed by atoms with van der Waals surface area (Å²) in [6, 6.07) is 12.3. The molecule has 6 rings (SSSR count). The zero-order chi connectivity index (χ0) is 25.7. The van der Waals surface area contributed by atoms with Crippen molar-refractivity contribution in [2.24, 2.45) is 5.41 Å². The molecule has 0 amide bonds. The van der Waals surface area contributed by atoms with E-state index in [2.05, 4.69) is 46.7 Å². The maximum absolute atomic E-state index is 13.3. The molecule has 0 radical (unpaired) electrons. The first-order chi connectivity index (χ1) is 18.0. The average molecular weight is 503 g/mol. The summed E-state index contributed by atoms with van der Waals surface area (Å²) in [6.07, 6.45) is 6.86. The second kappa shape index (κ2) is 9.14. The van der Waals surface area contributed by atoms with Gasteiger partial charge >= 0.3 is 5.97 Å². The lowest BCUT2D eigenvalue weighted by molar-refractivity contribution is 0.0254. The number of aromatic nitrogens is 1. The number of esters is 1. The topological polar surface area (TPSA) is 62.2 Å². The zero-order valence-corrected chi connectivity index (χ0v) is 22.0. The largest absolute Gasteiger partial charge is 0.493 e. The van der Waals surface area contributed by atoms with Crippen LogP contribution >= 0.6 is 0 Å². The summed E-state index contributed by atoms with van der Waals surface area (Å²) in [5.41, 5.74) is 5.50. The van der Waals surface area contributed by atoms with Gasteiger partial charge in [-0.05, 0) is 56.0 Å². The smallest absolute Gasteiger partial charge is 0.338 e. The molecule has 3 aliphatic rings. The summed E-state index contributed by atoms with van der Waals surface area (Å²) < 4.78 is 24.6. The van der Waals surface area contributed by atoms with E-state index >= 15 is 0 Å². The summed E-state index contributed by atoms with van der Waals surface area (Å²) >= 11 is 0. The Morgan fingerprint density at radius 2 is 1.81 bits per heavy atom. The van der Waals surface area contributed by atoms with E-state index < -0.39 is 5.97 Å². The summed E-state index contributed by atoms with van der Waals surface area (Å²) in [5.74, 6) is 0.862. The second-order valence-corrected chi connectivity index (χ2v) is 10.2. The fourth-order valence-electron chi connectivity index (χ4n) is 6.92. The van der Waals surface area contributed by atoms with Gasteiger partial charge in [-0.3, -0.25) is 4.90 Å². The van der Waals surface area contributed by atoms with Crippen molar-refractivity contribution in [2.45, 2.75) is 38.6 Å². The molecule has 3 aromatic rings. The highest BCUT2D eigenvalue weighted by atomic mass is 16.5. The highest BCUT2D eigenvalue weighted by Gasteiger charge is 2.50. The van der Waals surface area contributed by atoms with Crippen molar-refractivity contribution in [3.63, 3.8) is 0 Å². The zero-order valence-electron chi connectivity index (χ0n) is 22.0. The van der Waals surface area contributed by atoms with Crippen molar-refractivity contribution in [1.29, 1.82) is 0 Å². The van der Waals surface area contributed by atoms with Crippen LogP contribution in [0.3, 0.4) is 0 Å². The lowest BCUT2D eigenvalue weighted by atomic mass is 9.66. The van der Waals surface area contributed by atoms with Gasteiger partial charge in [-0.15, -0.1) is 0 Å². The van der Waals surface area contributed by atoms with Gasteiger partial charge in [0.05, 0.1) is 44.1 Å². The highest BCUT2D eigenvalue weighted by Crippen LogP contribution is 2.57. The average Bonchev–Trinajstić information content (AvgIpc) is 3.29. The van der Waals surface area contributed by atoms with Crippen molar-refractivity contribution in [3.05, 3.63) is 59.3 Å². The molecule has 1 fully saturated rings. The molecule has 7 heteroatoms. The van der Waals surface area contributed by atoms with E-state index in [-0.39, 0.29) is 12.0 Å². The van der Waals surface area contributed by atoms with Gasteiger partial charge in [0, 0.05) is 23.0 Å². The first kappa shape index (κ1) is 23.9. The lowest BCUT2D eigenvalue weighted by Gasteiger charge is -2.53. The normalized spacial score (nSPS) is 22.3. The van der Waals surface area contributed by atoms with Gasteiger partial charge in [0.2, 0.25) is 5.75 Å². The quantitative estimate of drug-likeness (QED) is 0.400. The molecule has 3 aliphatic heterocycles. The first-order valence-corrected chi connectivity index (χ1v) is 13.1. The Morgan fingerprint density at radius 3 is 2.51 bits per heavy atom. The molecule has 0 unspecified atom stereocenters. The Labute approximate surface area is 217 Å².